The molecule has 0 bridgehead atoms. The summed E-state index contributed by atoms with van der Waals surface area (Å²) < 4.78 is 4.87. The number of rotatable bonds is 8. The highest BCUT2D eigenvalue weighted by Gasteiger charge is 2.28. The molecule has 5 heteroatoms. The summed E-state index contributed by atoms with van der Waals surface area (Å²) in [5, 5.41) is 3.25. The van der Waals surface area contributed by atoms with E-state index in [9.17, 15) is 9.59 Å². The normalized spacial score (nSPS) is 13.7. The van der Waals surface area contributed by atoms with Crippen molar-refractivity contribution < 1.29 is 14.3 Å². The van der Waals surface area contributed by atoms with Crippen LogP contribution in [0, 0.1) is 5.92 Å². The SMILES string of the molecule is COC(=O)C(C)C(NCC(=O)N(C(C)C)C(C)C)c1ccccc1. The van der Waals surface area contributed by atoms with Crippen LogP contribution in [-0.4, -0.2) is 42.5 Å². The van der Waals surface area contributed by atoms with Gasteiger partial charge in [-0.3, -0.25) is 9.59 Å². The highest BCUT2D eigenvalue weighted by atomic mass is 16.5. The molecule has 0 fully saturated rings. The summed E-state index contributed by atoms with van der Waals surface area (Å²) in [4.78, 5) is 26.4. The van der Waals surface area contributed by atoms with Crippen LogP contribution < -0.4 is 5.32 Å². The van der Waals surface area contributed by atoms with Gasteiger partial charge in [0.25, 0.3) is 0 Å². The Balaban J connectivity index is 2.90. The molecule has 0 saturated heterocycles. The van der Waals surface area contributed by atoms with Crippen LogP contribution in [0.4, 0.5) is 0 Å². The Morgan fingerprint density at radius 3 is 2.04 bits per heavy atom. The van der Waals surface area contributed by atoms with E-state index in [1.54, 1.807) is 0 Å². The Hall–Kier alpha value is -1.88. The molecule has 0 heterocycles. The fourth-order valence-electron chi connectivity index (χ4n) is 3.03. The first-order chi connectivity index (χ1) is 11.3. The second kappa shape index (κ2) is 9.42. The zero-order chi connectivity index (χ0) is 18.3. The third kappa shape index (κ3) is 5.34. The minimum atomic E-state index is -0.392. The molecular formula is C19H30N2O3. The maximum Gasteiger partial charge on any atom is 0.310 e. The number of esters is 1. The molecule has 0 aliphatic carbocycles. The molecule has 1 N–H and O–H groups in total. The van der Waals surface area contributed by atoms with E-state index in [-0.39, 0.29) is 36.5 Å². The van der Waals surface area contributed by atoms with Crippen molar-refractivity contribution >= 4 is 11.9 Å². The number of benzene rings is 1. The quantitative estimate of drug-likeness (QED) is 0.743. The number of nitrogens with zero attached hydrogens (tertiary/aromatic N) is 1. The van der Waals surface area contributed by atoms with Crippen LogP contribution in [0.15, 0.2) is 30.3 Å². The number of carbonyl (C=O) groups is 2. The molecule has 0 saturated carbocycles. The minimum absolute atomic E-state index is 0.0259. The standard InChI is InChI=1S/C19H30N2O3/c1-13(2)21(14(3)4)17(22)12-20-18(15(5)19(23)24-6)16-10-8-7-9-11-16/h7-11,13-15,18,20H,12H2,1-6H3. The Kier molecular flexibility index (Phi) is 7.92. The lowest BCUT2D eigenvalue weighted by Gasteiger charge is -2.32. The van der Waals surface area contributed by atoms with Gasteiger partial charge in [0.1, 0.15) is 0 Å². The van der Waals surface area contributed by atoms with Crippen molar-refractivity contribution in [1.82, 2.24) is 10.2 Å². The first-order valence-electron chi connectivity index (χ1n) is 8.46. The first-order valence-corrected chi connectivity index (χ1v) is 8.46. The molecule has 2 atom stereocenters. The van der Waals surface area contributed by atoms with Crippen molar-refractivity contribution in [3.05, 3.63) is 35.9 Å². The summed E-state index contributed by atoms with van der Waals surface area (Å²) in [5.74, 6) is -0.664. The summed E-state index contributed by atoms with van der Waals surface area (Å²) in [6.45, 7) is 10.0. The molecule has 0 aliphatic heterocycles. The number of nitrogens with one attached hydrogen (secondary N) is 1. The molecule has 5 nitrogen and oxygen atoms in total. The molecule has 1 aromatic rings. The van der Waals surface area contributed by atoms with Crippen LogP contribution in [0.2, 0.25) is 0 Å². The molecule has 0 aromatic heterocycles. The van der Waals surface area contributed by atoms with Gasteiger partial charge >= 0.3 is 5.97 Å². The molecule has 1 amide bonds. The lowest BCUT2D eigenvalue weighted by Crippen LogP contribution is -2.47. The number of amides is 1. The van der Waals surface area contributed by atoms with E-state index in [1.165, 1.54) is 7.11 Å². The van der Waals surface area contributed by atoms with E-state index < -0.39 is 5.92 Å². The van der Waals surface area contributed by atoms with Crippen LogP contribution in [0.25, 0.3) is 0 Å². The van der Waals surface area contributed by atoms with Gasteiger partial charge in [-0.1, -0.05) is 37.3 Å². The molecule has 24 heavy (non-hydrogen) atoms. The predicted molar refractivity (Wildman–Crippen MR) is 95.5 cm³/mol. The lowest BCUT2D eigenvalue weighted by molar-refractivity contribution is -0.146. The zero-order valence-corrected chi connectivity index (χ0v) is 15.6. The fourth-order valence-corrected chi connectivity index (χ4v) is 3.03. The summed E-state index contributed by atoms with van der Waals surface area (Å²) in [5.41, 5.74) is 0.962. The molecule has 1 rings (SSSR count). The molecular weight excluding hydrogens is 304 g/mol. The Morgan fingerprint density at radius 1 is 1.04 bits per heavy atom. The molecule has 0 spiro atoms. The number of ether oxygens (including phenoxy) is 1. The van der Waals surface area contributed by atoms with Crippen LogP contribution in [-0.2, 0) is 14.3 Å². The zero-order valence-electron chi connectivity index (χ0n) is 15.6. The Morgan fingerprint density at radius 2 is 1.58 bits per heavy atom. The monoisotopic (exact) mass is 334 g/mol. The topological polar surface area (TPSA) is 58.6 Å². The average molecular weight is 334 g/mol. The molecule has 134 valence electrons. The minimum Gasteiger partial charge on any atom is -0.469 e. The first kappa shape index (κ1) is 20.2. The van der Waals surface area contributed by atoms with Crippen molar-refractivity contribution in [3.8, 4) is 0 Å². The van der Waals surface area contributed by atoms with Crippen molar-refractivity contribution in [2.45, 2.75) is 52.7 Å². The van der Waals surface area contributed by atoms with Crippen molar-refractivity contribution in [2.24, 2.45) is 5.92 Å². The fraction of sp³-hybridized carbons (Fsp3) is 0.579. The highest BCUT2D eigenvalue weighted by Crippen LogP contribution is 2.23. The number of hydrogen-bond acceptors (Lipinski definition) is 4. The third-order valence-corrected chi connectivity index (χ3v) is 4.11. The smallest absolute Gasteiger partial charge is 0.310 e. The summed E-state index contributed by atoms with van der Waals surface area (Å²) in [6, 6.07) is 9.65. The van der Waals surface area contributed by atoms with Gasteiger partial charge in [-0.25, -0.2) is 0 Å². The van der Waals surface area contributed by atoms with Crippen LogP contribution in [0.3, 0.4) is 0 Å². The lowest BCUT2D eigenvalue weighted by atomic mass is 9.94. The van der Waals surface area contributed by atoms with Crippen LogP contribution in [0.1, 0.15) is 46.2 Å². The van der Waals surface area contributed by atoms with Crippen molar-refractivity contribution in [1.29, 1.82) is 0 Å². The van der Waals surface area contributed by atoms with E-state index in [2.05, 4.69) is 5.32 Å². The second-order valence-corrected chi connectivity index (χ2v) is 6.57. The van der Waals surface area contributed by atoms with Gasteiger partial charge in [0.05, 0.1) is 19.6 Å². The van der Waals surface area contributed by atoms with Crippen molar-refractivity contribution in [3.63, 3.8) is 0 Å². The van der Waals surface area contributed by atoms with E-state index in [0.29, 0.717) is 0 Å². The van der Waals surface area contributed by atoms with Gasteiger partial charge in [0, 0.05) is 18.1 Å². The van der Waals surface area contributed by atoms with Gasteiger partial charge in [0.2, 0.25) is 5.91 Å². The number of hydrogen-bond donors (Lipinski definition) is 1. The predicted octanol–water partition coefficient (Wildman–Crippen LogP) is 2.77. The molecule has 2 unspecified atom stereocenters. The number of methoxy groups -OCH3 is 1. The van der Waals surface area contributed by atoms with Gasteiger partial charge in [-0.05, 0) is 33.3 Å². The molecule has 0 radical (unpaired) electrons. The molecule has 1 aromatic carbocycles. The van der Waals surface area contributed by atoms with Gasteiger partial charge in [0.15, 0.2) is 0 Å². The number of carbonyl (C=O) groups excluding carboxylic acids is 2. The summed E-state index contributed by atoms with van der Waals surface area (Å²) in [6.07, 6.45) is 0. The summed E-state index contributed by atoms with van der Waals surface area (Å²) >= 11 is 0. The van der Waals surface area contributed by atoms with Gasteiger partial charge in [-0.15, -0.1) is 0 Å². The van der Waals surface area contributed by atoms with E-state index in [1.807, 2.05) is 69.9 Å². The summed E-state index contributed by atoms with van der Waals surface area (Å²) in [7, 11) is 1.38. The van der Waals surface area contributed by atoms with Gasteiger partial charge in [-0.2, -0.15) is 0 Å². The average Bonchev–Trinajstić information content (AvgIpc) is 2.54. The van der Waals surface area contributed by atoms with Crippen LogP contribution in [0.5, 0.6) is 0 Å². The Bertz CT molecular complexity index is 521. The molecule has 0 aliphatic rings. The Labute approximate surface area is 145 Å². The van der Waals surface area contributed by atoms with Crippen LogP contribution >= 0.6 is 0 Å². The largest absolute Gasteiger partial charge is 0.469 e. The van der Waals surface area contributed by atoms with E-state index in [0.717, 1.165) is 5.56 Å². The van der Waals surface area contributed by atoms with E-state index >= 15 is 0 Å². The highest BCUT2D eigenvalue weighted by molar-refractivity contribution is 5.79. The van der Waals surface area contributed by atoms with Gasteiger partial charge < -0.3 is 15.0 Å². The maximum atomic E-state index is 12.6. The maximum absolute atomic E-state index is 12.6. The second-order valence-electron chi connectivity index (χ2n) is 6.57. The van der Waals surface area contributed by atoms with E-state index in [4.69, 9.17) is 4.74 Å². The van der Waals surface area contributed by atoms with Crippen molar-refractivity contribution in [2.75, 3.05) is 13.7 Å². The third-order valence-electron chi connectivity index (χ3n) is 4.11.